The molecule has 0 bridgehead atoms. The standard InChI is InChI=1S/C72H124O6/c1-4-7-10-13-16-19-22-24-26-28-29-30-31-32-33-34-35-36-37-38-39-40-41-42-43-44-46-47-50-53-56-59-62-65-71(74)77-68-69(67-76-70(73)64-61-58-55-52-49-21-18-15-12-9-6-3)78-72(75)66-63-60-57-54-51-48-45-27-25-23-20-17-14-11-8-5-2/h7,10,16,19,24,26,29-30,32-33,35-36,38-39,41-42,69H,4-6,8-9,11-15,17-18,20-23,25,27-28,31,34,37,40,43-68H2,1-3H3/b10-7-,19-16-,26-24-,30-29-,33-32-,36-35-,39-38-,42-41-. The first-order chi connectivity index (χ1) is 38.5. The first-order valence-electron chi connectivity index (χ1n) is 33.2. The van der Waals surface area contributed by atoms with Crippen molar-refractivity contribution in [3.8, 4) is 0 Å². The van der Waals surface area contributed by atoms with Gasteiger partial charge in [-0.05, 0) is 83.5 Å². The number of esters is 3. The van der Waals surface area contributed by atoms with Crippen molar-refractivity contribution in [2.75, 3.05) is 13.2 Å². The molecule has 0 aromatic carbocycles. The number of carbonyl (C=O) groups is 3. The van der Waals surface area contributed by atoms with Crippen LogP contribution in [-0.4, -0.2) is 37.2 Å². The Morgan fingerprint density at radius 2 is 0.500 bits per heavy atom. The van der Waals surface area contributed by atoms with Gasteiger partial charge in [0.25, 0.3) is 0 Å². The van der Waals surface area contributed by atoms with E-state index in [1.54, 1.807) is 0 Å². The Morgan fingerprint density at radius 1 is 0.269 bits per heavy atom. The van der Waals surface area contributed by atoms with E-state index < -0.39 is 6.10 Å². The summed E-state index contributed by atoms with van der Waals surface area (Å²) < 4.78 is 16.9. The van der Waals surface area contributed by atoms with Crippen LogP contribution in [0.5, 0.6) is 0 Å². The highest BCUT2D eigenvalue weighted by atomic mass is 16.6. The molecule has 0 rings (SSSR count). The maximum absolute atomic E-state index is 12.9. The Bertz CT molecular complexity index is 1530. The van der Waals surface area contributed by atoms with E-state index in [0.29, 0.717) is 19.3 Å². The average molecular weight is 1090 g/mol. The van der Waals surface area contributed by atoms with Crippen molar-refractivity contribution in [2.45, 2.75) is 329 Å². The first-order valence-corrected chi connectivity index (χ1v) is 33.2. The molecule has 448 valence electrons. The third kappa shape index (κ3) is 63.2. The van der Waals surface area contributed by atoms with E-state index in [1.807, 2.05) is 0 Å². The molecule has 78 heavy (non-hydrogen) atoms. The maximum atomic E-state index is 12.9. The Labute approximate surface area is 483 Å². The largest absolute Gasteiger partial charge is 0.462 e. The summed E-state index contributed by atoms with van der Waals surface area (Å²) in [6.45, 7) is 6.55. The van der Waals surface area contributed by atoms with Crippen LogP contribution in [0, 0.1) is 0 Å². The van der Waals surface area contributed by atoms with Crippen LogP contribution >= 0.6 is 0 Å². The van der Waals surface area contributed by atoms with Crippen LogP contribution in [0.3, 0.4) is 0 Å². The lowest BCUT2D eigenvalue weighted by Gasteiger charge is -2.18. The molecule has 0 radical (unpaired) electrons. The molecule has 0 aromatic heterocycles. The smallest absolute Gasteiger partial charge is 0.306 e. The Kier molecular flexibility index (Phi) is 62.7. The predicted molar refractivity (Wildman–Crippen MR) is 339 cm³/mol. The Balaban J connectivity index is 4.21. The fraction of sp³-hybridized carbons (Fsp3) is 0.736. The van der Waals surface area contributed by atoms with Crippen molar-refractivity contribution < 1.29 is 28.6 Å². The summed E-state index contributed by atoms with van der Waals surface area (Å²) in [4.78, 5) is 38.2. The molecular formula is C72H124O6. The number of rotatable bonds is 60. The molecule has 0 aliphatic carbocycles. The molecule has 6 heteroatoms. The summed E-state index contributed by atoms with van der Waals surface area (Å²) in [5, 5.41) is 0. The molecule has 0 aromatic rings. The van der Waals surface area contributed by atoms with Gasteiger partial charge in [0, 0.05) is 19.3 Å². The SMILES string of the molecule is CC/C=C\C/C=C\C/C=C\C/C=C\C/C=C\C/C=C\C/C=C\C/C=C\CCCCCCCCCCC(=O)OCC(COC(=O)CCCCCCCCCCCCC)OC(=O)CCCCCCCCCCCCCCCCCC. The highest BCUT2D eigenvalue weighted by Gasteiger charge is 2.19. The minimum atomic E-state index is -0.777. The second kappa shape index (κ2) is 65.8. The van der Waals surface area contributed by atoms with Gasteiger partial charge in [0.2, 0.25) is 0 Å². The quantitative estimate of drug-likeness (QED) is 0.0261. The van der Waals surface area contributed by atoms with Crippen LogP contribution in [0.2, 0.25) is 0 Å². The number of carbonyl (C=O) groups excluding carboxylic acids is 3. The molecule has 0 amide bonds. The molecule has 0 aliphatic heterocycles. The van der Waals surface area contributed by atoms with E-state index in [-0.39, 0.29) is 31.1 Å². The first kappa shape index (κ1) is 74.3. The molecule has 0 heterocycles. The van der Waals surface area contributed by atoms with Gasteiger partial charge in [-0.25, -0.2) is 0 Å². The fourth-order valence-corrected chi connectivity index (χ4v) is 9.40. The summed E-state index contributed by atoms with van der Waals surface area (Å²) in [5.41, 5.74) is 0. The molecule has 1 unspecified atom stereocenters. The summed E-state index contributed by atoms with van der Waals surface area (Å²) in [7, 11) is 0. The molecule has 0 saturated heterocycles. The lowest BCUT2D eigenvalue weighted by molar-refractivity contribution is -0.167. The second-order valence-corrected chi connectivity index (χ2v) is 22.0. The van der Waals surface area contributed by atoms with E-state index in [9.17, 15) is 14.4 Å². The van der Waals surface area contributed by atoms with Gasteiger partial charge >= 0.3 is 17.9 Å². The van der Waals surface area contributed by atoms with Gasteiger partial charge in [-0.15, -0.1) is 0 Å². The van der Waals surface area contributed by atoms with Crippen molar-refractivity contribution in [2.24, 2.45) is 0 Å². The molecule has 6 nitrogen and oxygen atoms in total. The number of ether oxygens (including phenoxy) is 3. The summed E-state index contributed by atoms with van der Waals surface area (Å²) in [6, 6.07) is 0. The zero-order chi connectivity index (χ0) is 56.4. The molecule has 0 spiro atoms. The lowest BCUT2D eigenvalue weighted by Crippen LogP contribution is -2.30. The van der Waals surface area contributed by atoms with Crippen molar-refractivity contribution in [3.05, 3.63) is 97.2 Å². The summed E-state index contributed by atoms with van der Waals surface area (Å²) >= 11 is 0. The number of hydrogen-bond donors (Lipinski definition) is 0. The van der Waals surface area contributed by atoms with Crippen LogP contribution in [0.4, 0.5) is 0 Å². The molecule has 1 atom stereocenters. The number of unbranched alkanes of at least 4 members (excludes halogenated alkanes) is 33. The van der Waals surface area contributed by atoms with Crippen LogP contribution in [0.25, 0.3) is 0 Å². The number of allylic oxidation sites excluding steroid dienone is 16. The fourth-order valence-electron chi connectivity index (χ4n) is 9.40. The van der Waals surface area contributed by atoms with Gasteiger partial charge < -0.3 is 14.2 Å². The Hall–Kier alpha value is -3.67. The topological polar surface area (TPSA) is 78.9 Å². The summed E-state index contributed by atoms with van der Waals surface area (Å²) in [5.74, 6) is -0.870. The Morgan fingerprint density at radius 3 is 0.782 bits per heavy atom. The van der Waals surface area contributed by atoms with Crippen molar-refractivity contribution in [1.29, 1.82) is 0 Å². The lowest BCUT2D eigenvalue weighted by atomic mass is 10.0. The van der Waals surface area contributed by atoms with E-state index >= 15 is 0 Å². The summed E-state index contributed by atoms with van der Waals surface area (Å²) in [6.07, 6.45) is 88.5. The third-order valence-electron chi connectivity index (χ3n) is 14.4. The van der Waals surface area contributed by atoms with Gasteiger partial charge in [-0.3, -0.25) is 14.4 Å². The molecular weight excluding hydrogens is 961 g/mol. The van der Waals surface area contributed by atoms with E-state index in [2.05, 4.69) is 118 Å². The van der Waals surface area contributed by atoms with Crippen molar-refractivity contribution >= 4 is 17.9 Å². The van der Waals surface area contributed by atoms with E-state index in [1.165, 1.54) is 167 Å². The maximum Gasteiger partial charge on any atom is 0.306 e. The van der Waals surface area contributed by atoms with Crippen LogP contribution in [-0.2, 0) is 28.6 Å². The van der Waals surface area contributed by atoms with Gasteiger partial charge in [0.05, 0.1) is 0 Å². The minimum Gasteiger partial charge on any atom is -0.462 e. The zero-order valence-electron chi connectivity index (χ0n) is 51.4. The van der Waals surface area contributed by atoms with Crippen molar-refractivity contribution in [1.82, 2.24) is 0 Å². The average Bonchev–Trinajstić information content (AvgIpc) is 3.44. The van der Waals surface area contributed by atoms with Gasteiger partial charge in [-0.2, -0.15) is 0 Å². The predicted octanol–water partition coefficient (Wildman–Crippen LogP) is 22.8. The number of hydrogen-bond acceptors (Lipinski definition) is 6. The normalized spacial score (nSPS) is 12.7. The second-order valence-electron chi connectivity index (χ2n) is 22.0. The van der Waals surface area contributed by atoms with Gasteiger partial charge in [0.1, 0.15) is 13.2 Å². The minimum absolute atomic E-state index is 0.0746. The molecule has 0 fully saturated rings. The van der Waals surface area contributed by atoms with Gasteiger partial charge in [0.15, 0.2) is 6.10 Å². The third-order valence-corrected chi connectivity index (χ3v) is 14.4. The highest BCUT2D eigenvalue weighted by molar-refractivity contribution is 5.71. The van der Waals surface area contributed by atoms with Crippen LogP contribution in [0.15, 0.2) is 97.2 Å². The molecule has 0 N–H and O–H groups in total. The van der Waals surface area contributed by atoms with Crippen LogP contribution < -0.4 is 0 Å². The van der Waals surface area contributed by atoms with E-state index in [0.717, 1.165) is 116 Å². The van der Waals surface area contributed by atoms with Gasteiger partial charge in [-0.1, -0.05) is 317 Å². The monoisotopic (exact) mass is 1080 g/mol. The van der Waals surface area contributed by atoms with Crippen molar-refractivity contribution in [3.63, 3.8) is 0 Å². The molecule has 0 saturated carbocycles. The van der Waals surface area contributed by atoms with E-state index in [4.69, 9.17) is 14.2 Å². The molecule has 0 aliphatic rings. The highest BCUT2D eigenvalue weighted by Crippen LogP contribution is 2.17. The van der Waals surface area contributed by atoms with Crippen LogP contribution in [0.1, 0.15) is 323 Å². The zero-order valence-corrected chi connectivity index (χ0v) is 51.4.